The number of pyridine rings is 2. The minimum atomic E-state index is -0.629. The summed E-state index contributed by atoms with van der Waals surface area (Å²) in [5.74, 6) is 0.204. The summed E-state index contributed by atoms with van der Waals surface area (Å²) in [4.78, 5) is 32.9. The van der Waals surface area contributed by atoms with E-state index in [0.29, 0.717) is 16.9 Å². The zero-order valence-corrected chi connectivity index (χ0v) is 18.2. The van der Waals surface area contributed by atoms with Crippen molar-refractivity contribution in [3.8, 4) is 11.1 Å². The van der Waals surface area contributed by atoms with Gasteiger partial charge in [-0.05, 0) is 68.5 Å². The van der Waals surface area contributed by atoms with Gasteiger partial charge in [-0.15, -0.1) is 0 Å². The minimum absolute atomic E-state index is 0.208. The summed E-state index contributed by atoms with van der Waals surface area (Å²) >= 11 is 0. The molecule has 31 heavy (non-hydrogen) atoms. The van der Waals surface area contributed by atoms with Crippen LogP contribution in [0.4, 0.5) is 16.3 Å². The molecule has 0 aliphatic heterocycles. The number of aryl methyl sites for hydroxylation is 1. The molecule has 3 rings (SSSR count). The number of ether oxygens (including phenoxy) is 1. The van der Waals surface area contributed by atoms with Gasteiger partial charge in [-0.1, -0.05) is 0 Å². The van der Waals surface area contributed by atoms with Crippen molar-refractivity contribution in [3.05, 3.63) is 48.4 Å². The van der Waals surface area contributed by atoms with Crippen molar-refractivity contribution in [2.24, 2.45) is 5.73 Å². The van der Waals surface area contributed by atoms with Gasteiger partial charge in [-0.2, -0.15) is 0 Å². The Kier molecular flexibility index (Phi) is 6.50. The fourth-order valence-electron chi connectivity index (χ4n) is 3.10. The highest BCUT2D eigenvalue weighted by Crippen LogP contribution is 2.33. The molecule has 0 aliphatic carbocycles. The van der Waals surface area contributed by atoms with Crippen LogP contribution in [0.3, 0.4) is 0 Å². The molecule has 0 saturated carbocycles. The minimum Gasteiger partial charge on any atom is -0.444 e. The Hall–Kier alpha value is -3.52. The van der Waals surface area contributed by atoms with Gasteiger partial charge >= 0.3 is 6.09 Å². The number of amides is 2. The Labute approximate surface area is 181 Å². The second-order valence-electron chi connectivity index (χ2n) is 8.22. The smallest absolute Gasteiger partial charge is 0.412 e. The summed E-state index contributed by atoms with van der Waals surface area (Å²) in [5.41, 5.74) is 8.21. The molecule has 0 fully saturated rings. The van der Waals surface area contributed by atoms with E-state index in [-0.39, 0.29) is 18.9 Å². The number of nitrogens with one attached hydrogen (secondary N) is 2. The van der Waals surface area contributed by atoms with E-state index >= 15 is 0 Å². The Morgan fingerprint density at radius 1 is 1.13 bits per heavy atom. The van der Waals surface area contributed by atoms with Gasteiger partial charge in [-0.3, -0.25) is 15.1 Å². The molecule has 0 unspecified atom stereocenters. The van der Waals surface area contributed by atoms with Crippen LogP contribution < -0.4 is 16.4 Å². The summed E-state index contributed by atoms with van der Waals surface area (Å²) in [5, 5.41) is 7.08. The lowest BCUT2D eigenvalue weighted by Gasteiger charge is -2.20. The highest BCUT2D eigenvalue weighted by molar-refractivity contribution is 6.04. The molecule has 0 spiro atoms. The fourth-order valence-corrected chi connectivity index (χ4v) is 3.10. The SMILES string of the molecule is Cc1ccncc1-c1cc(NC(=O)OC(C)(C)C)c2cnc(NC(=O)CCN)cc2c1. The highest BCUT2D eigenvalue weighted by atomic mass is 16.6. The van der Waals surface area contributed by atoms with E-state index < -0.39 is 11.7 Å². The average Bonchev–Trinajstić information content (AvgIpc) is 2.66. The lowest BCUT2D eigenvalue weighted by Crippen LogP contribution is -2.27. The van der Waals surface area contributed by atoms with Crippen molar-refractivity contribution in [3.63, 3.8) is 0 Å². The molecule has 162 valence electrons. The van der Waals surface area contributed by atoms with Crippen LogP contribution in [0, 0.1) is 6.92 Å². The van der Waals surface area contributed by atoms with Crippen molar-refractivity contribution < 1.29 is 14.3 Å². The van der Waals surface area contributed by atoms with Gasteiger partial charge < -0.3 is 15.8 Å². The van der Waals surface area contributed by atoms with Crippen molar-refractivity contribution >= 4 is 34.3 Å². The fraction of sp³-hybridized carbons (Fsp3) is 0.304. The quantitative estimate of drug-likeness (QED) is 0.567. The predicted octanol–water partition coefficient (Wildman–Crippen LogP) is 4.24. The second kappa shape index (κ2) is 9.09. The van der Waals surface area contributed by atoms with Crippen molar-refractivity contribution in [1.82, 2.24) is 9.97 Å². The maximum Gasteiger partial charge on any atom is 0.412 e. The van der Waals surface area contributed by atoms with Crippen LogP contribution in [-0.4, -0.2) is 34.1 Å². The van der Waals surface area contributed by atoms with E-state index in [9.17, 15) is 9.59 Å². The predicted molar refractivity (Wildman–Crippen MR) is 122 cm³/mol. The number of benzene rings is 1. The third kappa shape index (κ3) is 5.76. The first-order chi connectivity index (χ1) is 14.7. The Balaban J connectivity index is 2.08. The van der Waals surface area contributed by atoms with Gasteiger partial charge in [0, 0.05) is 42.5 Å². The van der Waals surface area contributed by atoms with Crippen LogP contribution in [-0.2, 0) is 9.53 Å². The topological polar surface area (TPSA) is 119 Å². The number of hydrogen-bond acceptors (Lipinski definition) is 6. The van der Waals surface area contributed by atoms with Gasteiger partial charge in [0.15, 0.2) is 0 Å². The van der Waals surface area contributed by atoms with E-state index in [1.54, 1.807) is 45.4 Å². The first-order valence-electron chi connectivity index (χ1n) is 10.0. The number of fused-ring (bicyclic) bond motifs is 1. The zero-order chi connectivity index (χ0) is 22.6. The third-order valence-electron chi connectivity index (χ3n) is 4.46. The summed E-state index contributed by atoms with van der Waals surface area (Å²) in [6.45, 7) is 7.66. The number of aromatic nitrogens is 2. The molecule has 0 aliphatic rings. The van der Waals surface area contributed by atoms with Crippen LogP contribution in [0.25, 0.3) is 21.9 Å². The molecule has 8 nitrogen and oxygen atoms in total. The Bertz CT molecular complexity index is 1120. The lowest BCUT2D eigenvalue weighted by atomic mass is 9.99. The van der Waals surface area contributed by atoms with Gasteiger partial charge in [0.2, 0.25) is 5.91 Å². The number of nitrogens with zero attached hydrogens (tertiary/aromatic N) is 2. The van der Waals surface area contributed by atoms with Crippen molar-refractivity contribution in [1.29, 1.82) is 0 Å². The van der Waals surface area contributed by atoms with Crippen molar-refractivity contribution in [2.75, 3.05) is 17.2 Å². The molecule has 0 bridgehead atoms. The van der Waals surface area contributed by atoms with Crippen LogP contribution in [0.2, 0.25) is 0 Å². The molecule has 3 aromatic rings. The van der Waals surface area contributed by atoms with E-state index in [1.807, 2.05) is 25.1 Å². The largest absolute Gasteiger partial charge is 0.444 e. The molecule has 1 aromatic carbocycles. The lowest BCUT2D eigenvalue weighted by molar-refractivity contribution is -0.116. The summed E-state index contributed by atoms with van der Waals surface area (Å²) in [6.07, 6.45) is 4.77. The van der Waals surface area contributed by atoms with E-state index in [0.717, 1.165) is 22.1 Å². The molecule has 0 atom stereocenters. The maximum atomic E-state index is 12.4. The number of hydrogen-bond donors (Lipinski definition) is 3. The van der Waals surface area contributed by atoms with Gasteiger partial charge in [-0.25, -0.2) is 9.78 Å². The van der Waals surface area contributed by atoms with Gasteiger partial charge in [0.25, 0.3) is 0 Å². The van der Waals surface area contributed by atoms with Crippen LogP contribution in [0.5, 0.6) is 0 Å². The normalized spacial score (nSPS) is 11.3. The van der Waals surface area contributed by atoms with Crippen LogP contribution >= 0.6 is 0 Å². The third-order valence-corrected chi connectivity index (χ3v) is 4.46. The van der Waals surface area contributed by atoms with Gasteiger partial charge in [0.05, 0.1) is 5.69 Å². The molecular weight excluding hydrogens is 394 g/mol. The Morgan fingerprint density at radius 2 is 1.90 bits per heavy atom. The Morgan fingerprint density at radius 3 is 2.58 bits per heavy atom. The highest BCUT2D eigenvalue weighted by Gasteiger charge is 2.18. The van der Waals surface area contributed by atoms with E-state index in [1.165, 1.54) is 0 Å². The number of anilines is 2. The van der Waals surface area contributed by atoms with E-state index in [4.69, 9.17) is 10.5 Å². The molecule has 0 radical (unpaired) electrons. The molecular formula is C23H27N5O3. The molecule has 2 heterocycles. The number of rotatable bonds is 5. The first-order valence-corrected chi connectivity index (χ1v) is 10.0. The molecule has 4 N–H and O–H groups in total. The number of nitrogens with two attached hydrogens (primary N) is 1. The summed E-state index contributed by atoms with van der Waals surface area (Å²) < 4.78 is 5.41. The number of carbonyl (C=O) groups excluding carboxylic acids is 2. The molecule has 2 amide bonds. The zero-order valence-electron chi connectivity index (χ0n) is 18.2. The summed E-state index contributed by atoms with van der Waals surface area (Å²) in [7, 11) is 0. The van der Waals surface area contributed by atoms with E-state index in [2.05, 4.69) is 20.6 Å². The monoisotopic (exact) mass is 421 g/mol. The van der Waals surface area contributed by atoms with Crippen molar-refractivity contribution in [2.45, 2.75) is 39.7 Å². The maximum absolute atomic E-state index is 12.4. The molecule has 8 heteroatoms. The second-order valence-corrected chi connectivity index (χ2v) is 8.22. The average molecular weight is 422 g/mol. The summed E-state index contributed by atoms with van der Waals surface area (Å²) in [6, 6.07) is 7.52. The van der Waals surface area contributed by atoms with Crippen LogP contribution in [0.1, 0.15) is 32.8 Å². The van der Waals surface area contributed by atoms with Crippen LogP contribution in [0.15, 0.2) is 42.9 Å². The number of carbonyl (C=O) groups is 2. The first kappa shape index (κ1) is 22.2. The molecule has 2 aromatic heterocycles. The van der Waals surface area contributed by atoms with Gasteiger partial charge in [0.1, 0.15) is 11.4 Å². The molecule has 0 saturated heterocycles. The standard InChI is InChI=1S/C23H27N5O3/c1-14-6-8-25-12-17(14)15-9-16-11-20(28-21(29)5-7-24)26-13-18(16)19(10-15)27-22(30)31-23(2,3)4/h6,8-13H,5,7,24H2,1-4H3,(H,27,30)(H,26,28,29).